The van der Waals surface area contributed by atoms with Gasteiger partial charge in [0, 0.05) is 18.0 Å². The zero-order valence-electron chi connectivity index (χ0n) is 13.0. The number of hydrogen-bond donors (Lipinski definition) is 0. The number of hydrogen-bond acceptors (Lipinski definition) is 4. The van der Waals surface area contributed by atoms with E-state index in [9.17, 15) is 4.79 Å². The van der Waals surface area contributed by atoms with E-state index in [0.29, 0.717) is 6.61 Å². The second kappa shape index (κ2) is 7.68. The first-order chi connectivity index (χ1) is 11.3. The van der Waals surface area contributed by atoms with Crippen LogP contribution in [-0.4, -0.2) is 22.5 Å². The number of carbonyl (C=O) groups excluding carboxylic acids is 1. The first kappa shape index (κ1) is 15.4. The number of ether oxygens (including phenoxy) is 1. The summed E-state index contributed by atoms with van der Waals surface area (Å²) in [5.41, 5.74) is 3.38. The van der Waals surface area contributed by atoms with Gasteiger partial charge in [0.05, 0.1) is 6.61 Å². The first-order valence-electron chi connectivity index (χ1n) is 8.01. The van der Waals surface area contributed by atoms with Gasteiger partial charge in [-0.15, -0.1) is 0 Å². The van der Waals surface area contributed by atoms with Crippen molar-refractivity contribution >= 4 is 12.0 Å². The highest BCUT2D eigenvalue weighted by Crippen LogP contribution is 2.39. The molecule has 1 saturated carbocycles. The molecule has 4 heteroatoms. The van der Waals surface area contributed by atoms with Gasteiger partial charge in [-0.3, -0.25) is 0 Å². The van der Waals surface area contributed by atoms with Crippen LogP contribution in [0, 0.1) is 0 Å². The van der Waals surface area contributed by atoms with Crippen LogP contribution in [0.1, 0.15) is 42.0 Å². The number of esters is 1. The summed E-state index contributed by atoms with van der Waals surface area (Å²) in [5.74, 6) is 0.451. The van der Waals surface area contributed by atoms with Gasteiger partial charge >= 0.3 is 5.97 Å². The van der Waals surface area contributed by atoms with Gasteiger partial charge in [-0.1, -0.05) is 24.3 Å². The minimum Gasteiger partial charge on any atom is -0.463 e. The summed E-state index contributed by atoms with van der Waals surface area (Å²) in [7, 11) is 0. The van der Waals surface area contributed by atoms with E-state index in [4.69, 9.17) is 4.74 Å². The maximum Gasteiger partial charge on any atom is 0.330 e. The lowest BCUT2D eigenvalue weighted by molar-refractivity contribution is -0.137. The van der Waals surface area contributed by atoms with Gasteiger partial charge in [0.2, 0.25) is 0 Å². The van der Waals surface area contributed by atoms with E-state index in [2.05, 4.69) is 22.1 Å². The Kier molecular flexibility index (Phi) is 5.14. The molecule has 2 aromatic rings. The number of benzene rings is 1. The Hall–Kier alpha value is -2.49. The summed E-state index contributed by atoms with van der Waals surface area (Å²) in [6.45, 7) is 0.397. The molecule has 0 amide bonds. The maximum absolute atomic E-state index is 11.7. The standard InChI is InChI=1S/C19H20N2O2/c22-19(23-13-1-2-18-11-12-20-14-21-18)10-5-15-3-6-16(7-4-15)17-8-9-17/h3-7,10-12,14,17H,1-2,8-9,13H2/b10-5+. The highest BCUT2D eigenvalue weighted by molar-refractivity contribution is 5.87. The fraction of sp³-hybridized carbons (Fsp3) is 0.316. The van der Waals surface area contributed by atoms with Crippen molar-refractivity contribution < 1.29 is 9.53 Å². The fourth-order valence-electron chi connectivity index (χ4n) is 2.40. The van der Waals surface area contributed by atoms with E-state index in [1.165, 1.54) is 30.8 Å². The largest absolute Gasteiger partial charge is 0.463 e. The fourth-order valence-corrected chi connectivity index (χ4v) is 2.40. The highest BCUT2D eigenvalue weighted by atomic mass is 16.5. The second-order valence-electron chi connectivity index (χ2n) is 5.75. The van der Waals surface area contributed by atoms with Crippen LogP contribution in [0.4, 0.5) is 0 Å². The predicted octanol–water partition coefficient (Wildman–Crippen LogP) is 3.54. The summed E-state index contributed by atoms with van der Waals surface area (Å²) in [5, 5.41) is 0. The van der Waals surface area contributed by atoms with Gasteiger partial charge in [0.15, 0.2) is 0 Å². The predicted molar refractivity (Wildman–Crippen MR) is 88.8 cm³/mol. The molecule has 0 saturated heterocycles. The smallest absolute Gasteiger partial charge is 0.330 e. The molecule has 1 aromatic heterocycles. The number of carbonyl (C=O) groups is 1. The van der Waals surface area contributed by atoms with Crippen LogP contribution in [0.3, 0.4) is 0 Å². The van der Waals surface area contributed by atoms with Gasteiger partial charge in [0.1, 0.15) is 6.33 Å². The summed E-state index contributed by atoms with van der Waals surface area (Å²) in [6.07, 6.45) is 10.7. The second-order valence-corrected chi connectivity index (χ2v) is 5.75. The zero-order valence-corrected chi connectivity index (χ0v) is 13.0. The molecular formula is C19H20N2O2. The molecular weight excluding hydrogens is 288 g/mol. The van der Waals surface area contributed by atoms with Gasteiger partial charge in [-0.05, 0) is 54.9 Å². The lowest BCUT2D eigenvalue weighted by atomic mass is 10.1. The lowest BCUT2D eigenvalue weighted by Crippen LogP contribution is -2.03. The van der Waals surface area contributed by atoms with E-state index in [1.807, 2.05) is 18.2 Å². The van der Waals surface area contributed by atoms with Crippen LogP contribution >= 0.6 is 0 Å². The van der Waals surface area contributed by atoms with Gasteiger partial charge in [0.25, 0.3) is 0 Å². The molecule has 1 aromatic carbocycles. The molecule has 1 aliphatic rings. The third kappa shape index (κ3) is 5.02. The summed E-state index contributed by atoms with van der Waals surface area (Å²) < 4.78 is 5.19. The van der Waals surface area contributed by atoms with Crippen LogP contribution in [0.25, 0.3) is 6.08 Å². The molecule has 0 atom stereocenters. The lowest BCUT2D eigenvalue weighted by Gasteiger charge is -2.02. The molecule has 1 aliphatic carbocycles. The monoisotopic (exact) mass is 308 g/mol. The van der Waals surface area contributed by atoms with Gasteiger partial charge in [-0.25, -0.2) is 14.8 Å². The first-order valence-corrected chi connectivity index (χ1v) is 8.01. The number of aromatic nitrogens is 2. The minimum absolute atomic E-state index is 0.307. The van der Waals surface area contributed by atoms with Gasteiger partial charge < -0.3 is 4.74 Å². The Morgan fingerprint density at radius 3 is 2.74 bits per heavy atom. The van der Waals surface area contributed by atoms with Crippen molar-refractivity contribution in [2.75, 3.05) is 6.61 Å². The van der Waals surface area contributed by atoms with E-state index < -0.39 is 0 Å². The van der Waals surface area contributed by atoms with Crippen molar-refractivity contribution in [3.63, 3.8) is 0 Å². The molecule has 0 aliphatic heterocycles. The summed E-state index contributed by atoms with van der Waals surface area (Å²) in [4.78, 5) is 19.7. The Labute approximate surface area is 136 Å². The maximum atomic E-state index is 11.7. The van der Waals surface area contributed by atoms with Crippen LogP contribution in [0.5, 0.6) is 0 Å². The molecule has 1 fully saturated rings. The van der Waals surface area contributed by atoms with E-state index in [0.717, 1.165) is 30.0 Å². The van der Waals surface area contributed by atoms with Crippen molar-refractivity contribution in [2.45, 2.75) is 31.6 Å². The Morgan fingerprint density at radius 2 is 2.04 bits per heavy atom. The Bertz CT molecular complexity index is 662. The molecule has 118 valence electrons. The molecule has 4 nitrogen and oxygen atoms in total. The summed E-state index contributed by atoms with van der Waals surface area (Å²) in [6, 6.07) is 10.3. The molecule has 23 heavy (non-hydrogen) atoms. The van der Waals surface area contributed by atoms with Crippen LogP contribution in [-0.2, 0) is 16.0 Å². The van der Waals surface area contributed by atoms with Gasteiger partial charge in [-0.2, -0.15) is 0 Å². The third-order valence-electron chi connectivity index (χ3n) is 3.86. The number of aryl methyl sites for hydroxylation is 1. The van der Waals surface area contributed by atoms with Crippen molar-refractivity contribution in [1.29, 1.82) is 0 Å². The van der Waals surface area contributed by atoms with Crippen LogP contribution in [0.2, 0.25) is 0 Å². The van der Waals surface area contributed by atoms with Crippen LogP contribution in [0.15, 0.2) is 48.9 Å². The Morgan fingerprint density at radius 1 is 1.22 bits per heavy atom. The average Bonchev–Trinajstić information content (AvgIpc) is 3.43. The summed E-state index contributed by atoms with van der Waals surface area (Å²) >= 11 is 0. The average molecular weight is 308 g/mol. The van der Waals surface area contributed by atoms with Crippen molar-refractivity contribution in [3.8, 4) is 0 Å². The van der Waals surface area contributed by atoms with Crippen molar-refractivity contribution in [2.24, 2.45) is 0 Å². The quantitative estimate of drug-likeness (QED) is 0.446. The molecule has 0 N–H and O–H groups in total. The topological polar surface area (TPSA) is 52.1 Å². The SMILES string of the molecule is O=C(/C=C/c1ccc(C2CC2)cc1)OCCCc1ccncn1. The van der Waals surface area contributed by atoms with Crippen molar-refractivity contribution in [3.05, 3.63) is 65.8 Å². The minimum atomic E-state index is -0.307. The van der Waals surface area contributed by atoms with E-state index >= 15 is 0 Å². The molecule has 0 bridgehead atoms. The highest BCUT2D eigenvalue weighted by Gasteiger charge is 2.22. The molecule has 0 radical (unpaired) electrons. The normalized spacial score (nSPS) is 14.1. The van der Waals surface area contributed by atoms with Crippen molar-refractivity contribution in [1.82, 2.24) is 9.97 Å². The Balaban J connectivity index is 1.38. The molecule has 1 heterocycles. The molecule has 0 unspecified atom stereocenters. The molecule has 3 rings (SSSR count). The molecule has 0 spiro atoms. The van der Waals surface area contributed by atoms with E-state index in [-0.39, 0.29) is 5.97 Å². The number of rotatable bonds is 7. The third-order valence-corrected chi connectivity index (χ3v) is 3.86. The zero-order chi connectivity index (χ0) is 15.9. The van der Waals surface area contributed by atoms with Crippen LogP contribution < -0.4 is 0 Å². The number of nitrogens with zero attached hydrogens (tertiary/aromatic N) is 2. The van der Waals surface area contributed by atoms with E-state index in [1.54, 1.807) is 12.3 Å².